The third-order valence-electron chi connectivity index (χ3n) is 6.20. The Kier molecular flexibility index (Phi) is 8.53. The first kappa shape index (κ1) is 26.2. The molecule has 1 atom stereocenters. The molecule has 6 nitrogen and oxygen atoms in total. The first-order valence-corrected chi connectivity index (χ1v) is 11.5. The largest absolute Gasteiger partial charge is 0.496 e. The number of methoxy groups -OCH3 is 2. The van der Waals surface area contributed by atoms with Crippen molar-refractivity contribution in [2.75, 3.05) is 14.2 Å². The summed E-state index contributed by atoms with van der Waals surface area (Å²) in [5.74, 6) is 0.673. The van der Waals surface area contributed by atoms with E-state index in [2.05, 4.69) is 26.2 Å². The Balaban J connectivity index is 2.56. The molecule has 0 heterocycles. The SMILES string of the molecule is CCc1cc(C(=O)N(NC(=O)c2cccc(OC)c2C)C(CC)C(C)(C)C)cc(OC)c1C. The molecule has 6 heteroatoms. The van der Waals surface area contributed by atoms with E-state index in [1.54, 1.807) is 32.4 Å². The van der Waals surface area contributed by atoms with Crippen molar-refractivity contribution in [2.24, 2.45) is 5.41 Å². The molecule has 0 saturated heterocycles. The van der Waals surface area contributed by atoms with Crippen LogP contribution in [0.2, 0.25) is 0 Å². The van der Waals surface area contributed by atoms with Crippen LogP contribution in [0.4, 0.5) is 0 Å². The predicted octanol–water partition coefficient (Wildman–Crippen LogP) is 5.49. The molecule has 0 aliphatic heterocycles. The molecule has 180 valence electrons. The average molecular weight is 455 g/mol. The normalized spacial score (nSPS) is 12.2. The monoisotopic (exact) mass is 454 g/mol. The summed E-state index contributed by atoms with van der Waals surface area (Å²) in [6.07, 6.45) is 1.45. The minimum Gasteiger partial charge on any atom is -0.496 e. The molecule has 0 aromatic heterocycles. The van der Waals surface area contributed by atoms with Crippen molar-refractivity contribution in [1.29, 1.82) is 0 Å². The fraction of sp³-hybridized carbons (Fsp3) is 0.481. The van der Waals surface area contributed by atoms with Gasteiger partial charge in [-0.1, -0.05) is 40.7 Å². The number of hydrogen-bond donors (Lipinski definition) is 1. The molecule has 0 fully saturated rings. The quantitative estimate of drug-likeness (QED) is 0.561. The van der Waals surface area contributed by atoms with Gasteiger partial charge in [-0.2, -0.15) is 0 Å². The highest BCUT2D eigenvalue weighted by molar-refractivity contribution is 6.00. The number of ether oxygens (including phenoxy) is 2. The standard InChI is InChI=1S/C27H38N2O4/c1-10-19-15-20(16-23(33-9)17(19)3)26(31)29(24(11-2)27(5,6)7)28-25(30)21-13-12-14-22(32-8)18(21)4/h12-16,24H,10-11H2,1-9H3,(H,28,30). The van der Waals surface area contributed by atoms with Crippen LogP contribution in [0.5, 0.6) is 11.5 Å². The fourth-order valence-electron chi connectivity index (χ4n) is 4.29. The minimum atomic E-state index is -0.350. The third kappa shape index (κ3) is 5.67. The van der Waals surface area contributed by atoms with Gasteiger partial charge in [-0.15, -0.1) is 0 Å². The van der Waals surface area contributed by atoms with Gasteiger partial charge in [0.15, 0.2) is 0 Å². The average Bonchev–Trinajstić information content (AvgIpc) is 2.77. The maximum atomic E-state index is 13.8. The van der Waals surface area contributed by atoms with Gasteiger partial charge in [0, 0.05) is 16.7 Å². The smallest absolute Gasteiger partial charge is 0.272 e. The summed E-state index contributed by atoms with van der Waals surface area (Å²) < 4.78 is 10.9. The second-order valence-electron chi connectivity index (χ2n) is 9.36. The zero-order valence-corrected chi connectivity index (χ0v) is 21.5. The minimum absolute atomic E-state index is 0.225. The molecule has 33 heavy (non-hydrogen) atoms. The summed E-state index contributed by atoms with van der Waals surface area (Å²) in [7, 11) is 3.17. The van der Waals surface area contributed by atoms with Gasteiger partial charge >= 0.3 is 0 Å². The molecule has 1 N–H and O–H groups in total. The summed E-state index contributed by atoms with van der Waals surface area (Å²) in [5.41, 5.74) is 6.38. The Labute approximate surface area is 198 Å². The van der Waals surface area contributed by atoms with Crippen molar-refractivity contribution in [1.82, 2.24) is 10.4 Å². The van der Waals surface area contributed by atoms with E-state index < -0.39 is 0 Å². The van der Waals surface area contributed by atoms with E-state index in [4.69, 9.17) is 9.47 Å². The van der Waals surface area contributed by atoms with Gasteiger partial charge in [-0.25, -0.2) is 5.01 Å². The number of aryl methyl sites for hydroxylation is 1. The number of benzene rings is 2. The molecule has 2 amide bonds. The second kappa shape index (κ2) is 10.7. The van der Waals surface area contributed by atoms with E-state index in [1.807, 2.05) is 39.8 Å². The summed E-state index contributed by atoms with van der Waals surface area (Å²) in [5, 5.41) is 1.49. The third-order valence-corrected chi connectivity index (χ3v) is 6.20. The molecular formula is C27H38N2O4. The molecule has 2 aromatic carbocycles. The van der Waals surface area contributed by atoms with Crippen LogP contribution in [0, 0.1) is 19.3 Å². The number of rotatable bonds is 7. The summed E-state index contributed by atoms with van der Waals surface area (Å²) in [6.45, 7) is 14.1. The Morgan fingerprint density at radius 2 is 1.64 bits per heavy atom. The van der Waals surface area contributed by atoms with E-state index in [0.29, 0.717) is 29.0 Å². The lowest BCUT2D eigenvalue weighted by molar-refractivity contribution is 0.0284. The maximum Gasteiger partial charge on any atom is 0.272 e. The van der Waals surface area contributed by atoms with Gasteiger partial charge in [-0.3, -0.25) is 15.0 Å². The maximum absolute atomic E-state index is 13.8. The number of carbonyl (C=O) groups is 2. The molecule has 2 rings (SSSR count). The summed E-state index contributed by atoms with van der Waals surface area (Å²) in [6, 6.07) is 8.74. The lowest BCUT2D eigenvalue weighted by Crippen LogP contribution is -2.56. The molecule has 0 aliphatic carbocycles. The first-order chi connectivity index (χ1) is 15.5. The van der Waals surface area contributed by atoms with Crippen molar-refractivity contribution in [2.45, 2.75) is 67.3 Å². The number of nitrogens with one attached hydrogen (secondary N) is 1. The van der Waals surface area contributed by atoms with Crippen molar-refractivity contribution in [3.8, 4) is 11.5 Å². The molecular weight excluding hydrogens is 416 g/mol. The molecule has 0 bridgehead atoms. The topological polar surface area (TPSA) is 67.9 Å². The van der Waals surface area contributed by atoms with E-state index in [1.165, 1.54) is 5.01 Å². The Hall–Kier alpha value is -3.02. The number of hydrogen-bond acceptors (Lipinski definition) is 4. The Morgan fingerprint density at radius 3 is 2.15 bits per heavy atom. The van der Waals surface area contributed by atoms with Crippen molar-refractivity contribution in [3.63, 3.8) is 0 Å². The molecule has 0 spiro atoms. The second-order valence-corrected chi connectivity index (χ2v) is 9.36. The Bertz CT molecular complexity index is 983. The number of hydrazine groups is 1. The number of amides is 2. The van der Waals surface area contributed by atoms with Crippen LogP contribution in [0.1, 0.15) is 78.4 Å². The van der Waals surface area contributed by atoms with Crippen LogP contribution in [-0.2, 0) is 6.42 Å². The van der Waals surface area contributed by atoms with Crippen molar-refractivity contribution < 1.29 is 19.1 Å². The van der Waals surface area contributed by atoms with E-state index >= 15 is 0 Å². The van der Waals surface area contributed by atoms with Gasteiger partial charge in [0.05, 0.1) is 20.3 Å². The predicted molar refractivity (Wildman–Crippen MR) is 132 cm³/mol. The zero-order valence-electron chi connectivity index (χ0n) is 21.5. The van der Waals surface area contributed by atoms with Gasteiger partial charge < -0.3 is 9.47 Å². The number of carbonyl (C=O) groups excluding carboxylic acids is 2. The summed E-state index contributed by atoms with van der Waals surface area (Å²) in [4.78, 5) is 27.2. The highest BCUT2D eigenvalue weighted by atomic mass is 16.5. The van der Waals surface area contributed by atoms with Crippen molar-refractivity contribution >= 4 is 11.8 Å². The molecule has 0 radical (unpaired) electrons. The van der Waals surface area contributed by atoms with Gasteiger partial charge in [0.1, 0.15) is 11.5 Å². The van der Waals surface area contributed by atoms with Gasteiger partial charge in [0.25, 0.3) is 11.8 Å². The van der Waals surface area contributed by atoms with Crippen LogP contribution >= 0.6 is 0 Å². The lowest BCUT2D eigenvalue weighted by atomic mass is 9.84. The Morgan fingerprint density at radius 1 is 1.00 bits per heavy atom. The van der Waals surface area contributed by atoms with Crippen LogP contribution in [0.15, 0.2) is 30.3 Å². The van der Waals surface area contributed by atoms with Gasteiger partial charge in [-0.05, 0) is 67.5 Å². The van der Waals surface area contributed by atoms with E-state index in [-0.39, 0.29) is 23.3 Å². The van der Waals surface area contributed by atoms with Crippen LogP contribution in [0.3, 0.4) is 0 Å². The van der Waals surface area contributed by atoms with Crippen LogP contribution in [-0.4, -0.2) is 37.1 Å². The highest BCUT2D eigenvalue weighted by Crippen LogP contribution is 2.30. The van der Waals surface area contributed by atoms with E-state index in [0.717, 1.165) is 23.1 Å². The van der Waals surface area contributed by atoms with Crippen LogP contribution in [0.25, 0.3) is 0 Å². The highest BCUT2D eigenvalue weighted by Gasteiger charge is 2.35. The van der Waals surface area contributed by atoms with E-state index in [9.17, 15) is 9.59 Å². The molecule has 1 unspecified atom stereocenters. The van der Waals surface area contributed by atoms with Crippen molar-refractivity contribution in [3.05, 3.63) is 58.1 Å². The molecule has 0 saturated carbocycles. The number of nitrogens with zero attached hydrogens (tertiary/aromatic N) is 1. The fourth-order valence-corrected chi connectivity index (χ4v) is 4.29. The van der Waals surface area contributed by atoms with Gasteiger partial charge in [0.2, 0.25) is 0 Å². The lowest BCUT2D eigenvalue weighted by Gasteiger charge is -2.39. The van der Waals surface area contributed by atoms with Crippen LogP contribution < -0.4 is 14.9 Å². The summed E-state index contributed by atoms with van der Waals surface area (Å²) >= 11 is 0. The zero-order chi connectivity index (χ0) is 24.9. The molecule has 2 aromatic rings. The first-order valence-electron chi connectivity index (χ1n) is 11.5. The molecule has 0 aliphatic rings.